The minimum absolute atomic E-state index is 0.128. The Morgan fingerprint density at radius 1 is 1.29 bits per heavy atom. The topological polar surface area (TPSA) is 29.3 Å². The molecule has 0 spiro atoms. The summed E-state index contributed by atoms with van der Waals surface area (Å²) in [5, 5.41) is 0. The maximum absolute atomic E-state index is 6.29. The van der Waals surface area contributed by atoms with Crippen molar-refractivity contribution >= 4 is 0 Å². The lowest BCUT2D eigenvalue weighted by atomic mass is 9.86. The molecule has 0 aromatic carbocycles. The van der Waals surface area contributed by atoms with Crippen molar-refractivity contribution in [2.45, 2.75) is 57.5 Å². The van der Waals surface area contributed by atoms with Gasteiger partial charge in [0.1, 0.15) is 0 Å². The third-order valence-corrected chi connectivity index (χ3v) is 4.12. The van der Waals surface area contributed by atoms with Crippen LogP contribution in [0, 0.1) is 5.92 Å². The Morgan fingerprint density at radius 3 is 2.21 bits per heavy atom. The molecule has 0 saturated heterocycles. The van der Waals surface area contributed by atoms with Gasteiger partial charge in [0.15, 0.2) is 0 Å². The van der Waals surface area contributed by atoms with E-state index < -0.39 is 0 Å². The zero-order valence-corrected chi connectivity index (χ0v) is 10.2. The average Bonchev–Trinajstić information content (AvgIpc) is 2.56. The van der Waals surface area contributed by atoms with Gasteiger partial charge >= 0.3 is 0 Å². The van der Waals surface area contributed by atoms with Crippen LogP contribution in [0.3, 0.4) is 0 Å². The first-order chi connectivity index (χ1) is 6.44. The lowest BCUT2D eigenvalue weighted by Crippen LogP contribution is -2.53. The Bertz CT molecular complexity index is 169. The van der Waals surface area contributed by atoms with Crippen molar-refractivity contribution < 1.29 is 0 Å². The second-order valence-corrected chi connectivity index (χ2v) is 5.54. The molecule has 1 atom stereocenters. The zero-order valence-electron chi connectivity index (χ0n) is 10.2. The van der Waals surface area contributed by atoms with Crippen molar-refractivity contribution in [3.63, 3.8) is 0 Å². The van der Waals surface area contributed by atoms with Crippen molar-refractivity contribution in [1.29, 1.82) is 0 Å². The molecule has 1 aliphatic rings. The highest BCUT2D eigenvalue weighted by Crippen LogP contribution is 2.31. The molecular formula is C12H26N2. The minimum atomic E-state index is 0.128. The standard InChI is InChI=1S/C12H26N2/c1-12(2,14(3)4)11(13)9-10-7-5-6-8-10/h10-11H,5-9,13H2,1-4H3. The van der Waals surface area contributed by atoms with E-state index in [9.17, 15) is 0 Å². The maximum Gasteiger partial charge on any atom is 0.0298 e. The molecule has 1 aliphatic carbocycles. The van der Waals surface area contributed by atoms with Gasteiger partial charge in [0, 0.05) is 11.6 Å². The monoisotopic (exact) mass is 198 g/mol. The van der Waals surface area contributed by atoms with Crippen molar-refractivity contribution in [3.05, 3.63) is 0 Å². The van der Waals surface area contributed by atoms with Gasteiger partial charge in [0.25, 0.3) is 0 Å². The van der Waals surface area contributed by atoms with E-state index in [-0.39, 0.29) is 5.54 Å². The smallest absolute Gasteiger partial charge is 0.0298 e. The van der Waals surface area contributed by atoms with Crippen molar-refractivity contribution in [3.8, 4) is 0 Å². The molecule has 0 amide bonds. The molecule has 2 heteroatoms. The molecule has 1 fully saturated rings. The van der Waals surface area contributed by atoms with Crippen LogP contribution in [-0.2, 0) is 0 Å². The lowest BCUT2D eigenvalue weighted by Gasteiger charge is -2.39. The van der Waals surface area contributed by atoms with Gasteiger partial charge in [0.2, 0.25) is 0 Å². The molecule has 2 nitrogen and oxygen atoms in total. The predicted molar refractivity (Wildman–Crippen MR) is 62.3 cm³/mol. The first-order valence-electron chi connectivity index (χ1n) is 5.87. The molecule has 2 N–H and O–H groups in total. The number of hydrogen-bond acceptors (Lipinski definition) is 2. The van der Waals surface area contributed by atoms with E-state index in [0.29, 0.717) is 6.04 Å². The molecule has 14 heavy (non-hydrogen) atoms. The number of nitrogens with two attached hydrogens (primary N) is 1. The van der Waals surface area contributed by atoms with Crippen LogP contribution in [0.2, 0.25) is 0 Å². The summed E-state index contributed by atoms with van der Waals surface area (Å²) in [6.07, 6.45) is 6.83. The molecule has 1 rings (SSSR count). The Labute approximate surface area is 88.8 Å². The highest BCUT2D eigenvalue weighted by molar-refractivity contribution is 4.90. The van der Waals surface area contributed by atoms with E-state index in [1.807, 2.05) is 0 Å². The van der Waals surface area contributed by atoms with E-state index in [1.54, 1.807) is 0 Å². The largest absolute Gasteiger partial charge is 0.326 e. The molecular weight excluding hydrogens is 172 g/mol. The molecule has 0 aromatic heterocycles. The van der Waals surface area contributed by atoms with E-state index in [0.717, 1.165) is 5.92 Å². The predicted octanol–water partition coefficient (Wildman–Crippen LogP) is 2.23. The summed E-state index contributed by atoms with van der Waals surface area (Å²) in [7, 11) is 4.24. The van der Waals surface area contributed by atoms with Crippen LogP contribution in [0.5, 0.6) is 0 Å². The van der Waals surface area contributed by atoms with Gasteiger partial charge in [-0.2, -0.15) is 0 Å². The first-order valence-corrected chi connectivity index (χ1v) is 5.87. The number of likely N-dealkylation sites (N-methyl/N-ethyl adjacent to an activating group) is 1. The van der Waals surface area contributed by atoms with E-state index in [4.69, 9.17) is 5.73 Å². The molecule has 0 aromatic rings. The molecule has 0 heterocycles. The van der Waals surface area contributed by atoms with E-state index in [1.165, 1.54) is 32.1 Å². The molecule has 1 unspecified atom stereocenters. The highest BCUT2D eigenvalue weighted by atomic mass is 15.2. The second-order valence-electron chi connectivity index (χ2n) is 5.54. The summed E-state index contributed by atoms with van der Waals surface area (Å²) in [5.41, 5.74) is 6.42. The quantitative estimate of drug-likeness (QED) is 0.750. The summed E-state index contributed by atoms with van der Waals surface area (Å²) >= 11 is 0. The first kappa shape index (κ1) is 12.0. The van der Waals surface area contributed by atoms with E-state index >= 15 is 0 Å². The number of rotatable bonds is 4. The fourth-order valence-corrected chi connectivity index (χ4v) is 2.23. The minimum Gasteiger partial charge on any atom is -0.326 e. The van der Waals surface area contributed by atoms with Crippen LogP contribution in [0.15, 0.2) is 0 Å². The average molecular weight is 198 g/mol. The van der Waals surface area contributed by atoms with Crippen molar-refractivity contribution in [1.82, 2.24) is 4.90 Å². The molecule has 0 aliphatic heterocycles. The molecule has 84 valence electrons. The highest BCUT2D eigenvalue weighted by Gasteiger charge is 2.31. The summed E-state index contributed by atoms with van der Waals surface area (Å²) in [6, 6.07) is 0.306. The maximum atomic E-state index is 6.29. The molecule has 0 radical (unpaired) electrons. The Morgan fingerprint density at radius 2 is 1.79 bits per heavy atom. The summed E-state index contributed by atoms with van der Waals surface area (Å²) < 4.78 is 0. The zero-order chi connectivity index (χ0) is 10.8. The normalized spacial score (nSPS) is 21.9. The Kier molecular flexibility index (Phi) is 3.96. The van der Waals surface area contributed by atoms with Gasteiger partial charge in [-0.3, -0.25) is 0 Å². The van der Waals surface area contributed by atoms with Gasteiger partial charge in [-0.25, -0.2) is 0 Å². The summed E-state index contributed by atoms with van der Waals surface area (Å²) in [5.74, 6) is 0.893. The fourth-order valence-electron chi connectivity index (χ4n) is 2.23. The summed E-state index contributed by atoms with van der Waals surface area (Å²) in [4.78, 5) is 2.24. The van der Waals surface area contributed by atoms with Crippen LogP contribution in [0.25, 0.3) is 0 Å². The van der Waals surface area contributed by atoms with E-state index in [2.05, 4.69) is 32.8 Å². The summed E-state index contributed by atoms with van der Waals surface area (Å²) in [6.45, 7) is 4.49. The number of nitrogens with zero attached hydrogens (tertiary/aromatic N) is 1. The third kappa shape index (κ3) is 2.71. The van der Waals surface area contributed by atoms with Gasteiger partial charge in [-0.1, -0.05) is 25.7 Å². The Hall–Kier alpha value is -0.0800. The number of hydrogen-bond donors (Lipinski definition) is 1. The van der Waals surface area contributed by atoms with Crippen LogP contribution in [-0.4, -0.2) is 30.6 Å². The second kappa shape index (κ2) is 4.63. The fraction of sp³-hybridized carbons (Fsp3) is 1.00. The SMILES string of the molecule is CN(C)C(C)(C)C(N)CC1CCCC1. The third-order valence-electron chi connectivity index (χ3n) is 4.12. The van der Waals surface area contributed by atoms with Crippen molar-refractivity contribution in [2.75, 3.05) is 14.1 Å². The van der Waals surface area contributed by atoms with Crippen molar-refractivity contribution in [2.24, 2.45) is 11.7 Å². The van der Waals surface area contributed by atoms with Gasteiger partial charge in [0.05, 0.1) is 0 Å². The van der Waals surface area contributed by atoms with Crippen LogP contribution >= 0.6 is 0 Å². The van der Waals surface area contributed by atoms with Gasteiger partial charge in [-0.05, 0) is 40.3 Å². The van der Waals surface area contributed by atoms with Crippen LogP contribution in [0.1, 0.15) is 46.0 Å². The molecule has 0 bridgehead atoms. The van der Waals surface area contributed by atoms with Crippen LogP contribution < -0.4 is 5.73 Å². The van der Waals surface area contributed by atoms with Gasteiger partial charge in [-0.15, -0.1) is 0 Å². The van der Waals surface area contributed by atoms with Crippen LogP contribution in [0.4, 0.5) is 0 Å². The molecule has 1 saturated carbocycles. The lowest BCUT2D eigenvalue weighted by molar-refractivity contribution is 0.143. The van der Waals surface area contributed by atoms with Gasteiger partial charge < -0.3 is 10.6 Å². The Balaban J connectivity index is 2.43.